The highest BCUT2D eigenvalue weighted by atomic mass is 32.2. The molecule has 1 aliphatic rings. The van der Waals surface area contributed by atoms with Crippen molar-refractivity contribution in [2.75, 3.05) is 40.8 Å². The van der Waals surface area contributed by atoms with Crippen molar-refractivity contribution in [3.05, 3.63) is 23.5 Å². The van der Waals surface area contributed by atoms with E-state index in [1.165, 1.54) is 30.5 Å². The minimum atomic E-state index is -3.70. The van der Waals surface area contributed by atoms with Gasteiger partial charge in [-0.1, -0.05) is 0 Å². The smallest absolute Gasteiger partial charge is 0.243 e. The second kappa shape index (κ2) is 6.52. The fourth-order valence-corrected chi connectivity index (χ4v) is 4.34. The Hall–Kier alpha value is -1.18. The molecule has 0 aromatic heterocycles. The van der Waals surface area contributed by atoms with Crippen LogP contribution in [0.25, 0.3) is 0 Å². The first-order chi connectivity index (χ1) is 10.3. The van der Waals surface area contributed by atoms with E-state index in [-0.39, 0.29) is 16.2 Å². The first-order valence-electron chi connectivity index (χ1n) is 7.25. The average Bonchev–Trinajstić information content (AvgIpc) is 2.86. The fraction of sp³-hybridized carbons (Fsp3) is 0.600. The van der Waals surface area contributed by atoms with Crippen LogP contribution in [0.1, 0.15) is 12.0 Å². The standard InChI is InChI=1S/C15H23FN2O3S/c1-11-14(6-5-13(21-4)15(11)16)22(19,20)18(3)10-12-7-8-17(2)9-12/h5-6,12H,7-10H2,1-4H3. The molecule has 22 heavy (non-hydrogen) atoms. The first-order valence-corrected chi connectivity index (χ1v) is 8.69. The molecular weight excluding hydrogens is 307 g/mol. The molecular formula is C15H23FN2O3S. The zero-order chi connectivity index (χ0) is 16.5. The fourth-order valence-electron chi connectivity index (χ4n) is 2.88. The summed E-state index contributed by atoms with van der Waals surface area (Å²) in [5.41, 5.74) is 0.0924. The Balaban J connectivity index is 2.24. The highest BCUT2D eigenvalue weighted by Crippen LogP contribution is 2.28. The topological polar surface area (TPSA) is 49.9 Å². The van der Waals surface area contributed by atoms with Gasteiger partial charge in [-0.05, 0) is 45.0 Å². The molecule has 5 nitrogen and oxygen atoms in total. The Morgan fingerprint density at radius 1 is 1.45 bits per heavy atom. The maximum Gasteiger partial charge on any atom is 0.243 e. The van der Waals surface area contributed by atoms with Crippen LogP contribution in [0.3, 0.4) is 0 Å². The van der Waals surface area contributed by atoms with Crippen molar-refractivity contribution in [3.63, 3.8) is 0 Å². The van der Waals surface area contributed by atoms with Gasteiger partial charge in [-0.25, -0.2) is 17.1 Å². The number of likely N-dealkylation sites (tertiary alicyclic amines) is 1. The third kappa shape index (κ3) is 3.26. The van der Waals surface area contributed by atoms with Crippen LogP contribution in [0.15, 0.2) is 17.0 Å². The van der Waals surface area contributed by atoms with E-state index in [0.29, 0.717) is 12.5 Å². The number of benzene rings is 1. The molecule has 0 saturated carbocycles. The van der Waals surface area contributed by atoms with Crippen molar-refractivity contribution < 1.29 is 17.5 Å². The Labute approximate surface area is 131 Å². The van der Waals surface area contributed by atoms with Crippen molar-refractivity contribution in [3.8, 4) is 5.75 Å². The second-order valence-corrected chi connectivity index (χ2v) is 7.92. The third-order valence-corrected chi connectivity index (χ3v) is 6.18. The molecule has 7 heteroatoms. The Morgan fingerprint density at radius 2 is 2.14 bits per heavy atom. The van der Waals surface area contributed by atoms with Gasteiger partial charge in [0.25, 0.3) is 0 Å². The normalized spacial score (nSPS) is 19.8. The molecule has 0 amide bonds. The summed E-state index contributed by atoms with van der Waals surface area (Å²) in [5.74, 6) is -0.262. The molecule has 0 aliphatic carbocycles. The molecule has 1 aromatic rings. The van der Waals surface area contributed by atoms with Gasteiger partial charge >= 0.3 is 0 Å². The summed E-state index contributed by atoms with van der Waals surface area (Å²) >= 11 is 0. The van der Waals surface area contributed by atoms with Gasteiger partial charge in [0.05, 0.1) is 12.0 Å². The molecule has 1 heterocycles. The number of ether oxygens (including phenoxy) is 1. The Bertz CT molecular complexity index is 648. The van der Waals surface area contributed by atoms with Crippen LogP contribution < -0.4 is 4.74 Å². The van der Waals surface area contributed by atoms with Crippen molar-refractivity contribution in [1.29, 1.82) is 0 Å². The number of hydrogen-bond donors (Lipinski definition) is 0. The van der Waals surface area contributed by atoms with Crippen molar-refractivity contribution in [2.24, 2.45) is 5.92 Å². The molecule has 0 spiro atoms. The van der Waals surface area contributed by atoms with E-state index in [0.717, 1.165) is 19.5 Å². The van der Waals surface area contributed by atoms with Gasteiger partial charge < -0.3 is 9.64 Å². The van der Waals surface area contributed by atoms with Gasteiger partial charge in [0.15, 0.2) is 11.6 Å². The van der Waals surface area contributed by atoms with E-state index in [1.807, 2.05) is 7.05 Å². The summed E-state index contributed by atoms with van der Waals surface area (Å²) in [7, 11) is 1.23. The summed E-state index contributed by atoms with van der Waals surface area (Å²) in [5, 5.41) is 0. The molecule has 0 N–H and O–H groups in total. The monoisotopic (exact) mass is 330 g/mol. The molecule has 0 radical (unpaired) electrons. The predicted octanol–water partition coefficient (Wildman–Crippen LogP) is 1.71. The van der Waals surface area contributed by atoms with Crippen LogP contribution in [-0.4, -0.2) is 58.5 Å². The lowest BCUT2D eigenvalue weighted by Crippen LogP contribution is -2.33. The van der Waals surface area contributed by atoms with Gasteiger partial charge in [-0.2, -0.15) is 0 Å². The van der Waals surface area contributed by atoms with Crippen LogP contribution in [-0.2, 0) is 10.0 Å². The number of nitrogens with zero attached hydrogens (tertiary/aromatic N) is 2. The number of rotatable bonds is 5. The Morgan fingerprint density at radius 3 is 2.68 bits per heavy atom. The third-order valence-electron chi connectivity index (χ3n) is 4.21. The van der Waals surface area contributed by atoms with Crippen LogP contribution in [0.4, 0.5) is 4.39 Å². The van der Waals surface area contributed by atoms with Crippen LogP contribution in [0.5, 0.6) is 5.75 Å². The number of hydrogen-bond acceptors (Lipinski definition) is 4. The molecule has 0 bridgehead atoms. The number of halogens is 1. The maximum absolute atomic E-state index is 14.1. The van der Waals surface area contributed by atoms with E-state index in [4.69, 9.17) is 4.74 Å². The average molecular weight is 330 g/mol. The lowest BCUT2D eigenvalue weighted by atomic mass is 10.1. The summed E-state index contributed by atoms with van der Waals surface area (Å²) in [4.78, 5) is 2.18. The zero-order valence-corrected chi connectivity index (χ0v) is 14.3. The first kappa shape index (κ1) is 17.2. The SMILES string of the molecule is COc1ccc(S(=O)(=O)N(C)CC2CCN(C)C2)c(C)c1F. The maximum atomic E-state index is 14.1. The zero-order valence-electron chi connectivity index (χ0n) is 13.5. The molecule has 1 unspecified atom stereocenters. The van der Waals surface area contributed by atoms with E-state index < -0.39 is 15.8 Å². The molecule has 124 valence electrons. The quantitative estimate of drug-likeness (QED) is 0.825. The summed E-state index contributed by atoms with van der Waals surface area (Å²) < 4.78 is 45.7. The lowest BCUT2D eigenvalue weighted by Gasteiger charge is -2.22. The highest BCUT2D eigenvalue weighted by Gasteiger charge is 2.29. The van der Waals surface area contributed by atoms with E-state index in [1.54, 1.807) is 7.05 Å². The van der Waals surface area contributed by atoms with Crippen LogP contribution in [0, 0.1) is 18.7 Å². The minimum absolute atomic E-state index is 0.000323. The number of sulfonamides is 1. The van der Waals surface area contributed by atoms with E-state index in [9.17, 15) is 12.8 Å². The second-order valence-electron chi connectivity index (χ2n) is 5.91. The van der Waals surface area contributed by atoms with Crippen LogP contribution in [0.2, 0.25) is 0 Å². The highest BCUT2D eigenvalue weighted by molar-refractivity contribution is 7.89. The molecule has 1 atom stereocenters. The van der Waals surface area contributed by atoms with Crippen molar-refractivity contribution in [1.82, 2.24) is 9.21 Å². The largest absolute Gasteiger partial charge is 0.494 e. The van der Waals surface area contributed by atoms with Gasteiger partial charge in [0, 0.05) is 25.7 Å². The Kier molecular flexibility index (Phi) is 5.09. The summed E-state index contributed by atoms with van der Waals surface area (Å²) in [6.45, 7) is 3.77. The summed E-state index contributed by atoms with van der Waals surface area (Å²) in [6.07, 6.45) is 0.978. The number of methoxy groups -OCH3 is 1. The lowest BCUT2D eigenvalue weighted by molar-refractivity contribution is 0.356. The van der Waals surface area contributed by atoms with Crippen molar-refractivity contribution in [2.45, 2.75) is 18.2 Å². The molecule has 1 aromatic carbocycles. The van der Waals surface area contributed by atoms with Gasteiger partial charge in [0.2, 0.25) is 10.0 Å². The van der Waals surface area contributed by atoms with Crippen LogP contribution >= 0.6 is 0 Å². The van der Waals surface area contributed by atoms with Crippen molar-refractivity contribution >= 4 is 10.0 Å². The molecule has 1 fully saturated rings. The summed E-state index contributed by atoms with van der Waals surface area (Å²) in [6, 6.07) is 2.76. The van der Waals surface area contributed by atoms with Gasteiger partial charge in [-0.3, -0.25) is 0 Å². The predicted molar refractivity (Wildman–Crippen MR) is 83.1 cm³/mol. The van der Waals surface area contributed by atoms with E-state index >= 15 is 0 Å². The molecule has 1 aliphatic heterocycles. The molecule has 1 saturated heterocycles. The van der Waals surface area contributed by atoms with Gasteiger partial charge in [-0.15, -0.1) is 0 Å². The minimum Gasteiger partial charge on any atom is -0.494 e. The van der Waals surface area contributed by atoms with Gasteiger partial charge in [0.1, 0.15) is 0 Å². The molecule has 2 rings (SSSR count). The van der Waals surface area contributed by atoms with E-state index in [2.05, 4.69) is 4.90 Å².